The van der Waals surface area contributed by atoms with E-state index in [1.165, 1.54) is 11.8 Å². The van der Waals surface area contributed by atoms with Crippen molar-refractivity contribution in [2.75, 3.05) is 24.8 Å². The Morgan fingerprint density at radius 1 is 1.15 bits per heavy atom. The number of carbonyl (C=O) groups is 1. The highest BCUT2D eigenvalue weighted by atomic mass is 32.2. The van der Waals surface area contributed by atoms with Gasteiger partial charge in [-0.05, 0) is 24.6 Å². The average Bonchev–Trinajstić information content (AvgIpc) is 3.10. The van der Waals surface area contributed by atoms with Crippen molar-refractivity contribution < 1.29 is 9.53 Å². The lowest BCUT2D eigenvalue weighted by molar-refractivity contribution is -0.113. The molecule has 27 heavy (non-hydrogen) atoms. The van der Waals surface area contributed by atoms with Crippen LogP contribution in [0.1, 0.15) is 5.56 Å². The first-order valence-corrected chi connectivity index (χ1v) is 9.75. The summed E-state index contributed by atoms with van der Waals surface area (Å²) in [6, 6.07) is 17.9. The molecule has 1 heterocycles. The van der Waals surface area contributed by atoms with Crippen molar-refractivity contribution in [2.24, 2.45) is 0 Å². The van der Waals surface area contributed by atoms with Gasteiger partial charge in [0.05, 0.1) is 24.3 Å². The van der Waals surface area contributed by atoms with E-state index in [-0.39, 0.29) is 5.91 Å². The van der Waals surface area contributed by atoms with E-state index in [4.69, 9.17) is 4.74 Å². The number of aromatic nitrogens is 2. The number of anilines is 1. The summed E-state index contributed by atoms with van der Waals surface area (Å²) < 4.78 is 7.34. The zero-order valence-corrected chi connectivity index (χ0v) is 16.3. The molecule has 0 bridgehead atoms. The zero-order chi connectivity index (χ0) is 19.1. The van der Waals surface area contributed by atoms with E-state index < -0.39 is 0 Å². The summed E-state index contributed by atoms with van der Waals surface area (Å²) in [5, 5.41) is 3.73. The number of rotatable bonds is 8. The van der Waals surface area contributed by atoms with Crippen LogP contribution >= 0.6 is 11.8 Å². The number of imidazole rings is 1. The van der Waals surface area contributed by atoms with Crippen LogP contribution in [0, 0.1) is 6.92 Å². The van der Waals surface area contributed by atoms with Gasteiger partial charge in [-0.15, -0.1) is 0 Å². The molecule has 0 spiro atoms. The maximum absolute atomic E-state index is 12.3. The summed E-state index contributed by atoms with van der Waals surface area (Å²) in [7, 11) is 1.68. The van der Waals surface area contributed by atoms with Gasteiger partial charge in [0.1, 0.15) is 0 Å². The topological polar surface area (TPSA) is 56.2 Å². The fraction of sp³-hybridized carbons (Fsp3) is 0.238. The van der Waals surface area contributed by atoms with Crippen molar-refractivity contribution in [1.82, 2.24) is 9.55 Å². The quantitative estimate of drug-likeness (QED) is 0.593. The van der Waals surface area contributed by atoms with Crippen molar-refractivity contribution in [2.45, 2.75) is 18.6 Å². The van der Waals surface area contributed by atoms with Gasteiger partial charge in [0, 0.05) is 19.3 Å². The molecule has 0 atom stereocenters. The number of hydrogen-bond donors (Lipinski definition) is 1. The number of aryl methyl sites for hydroxylation is 1. The number of methoxy groups -OCH3 is 1. The average molecular weight is 382 g/mol. The second-order valence-corrected chi connectivity index (χ2v) is 7.08. The summed E-state index contributed by atoms with van der Waals surface area (Å²) in [6.45, 7) is 3.29. The second kappa shape index (κ2) is 9.39. The first kappa shape index (κ1) is 19.2. The third kappa shape index (κ3) is 5.21. The summed E-state index contributed by atoms with van der Waals surface area (Å²) in [4.78, 5) is 16.8. The first-order chi connectivity index (χ1) is 13.2. The molecule has 0 saturated heterocycles. The Bertz CT molecular complexity index is 876. The molecule has 2 aromatic carbocycles. The van der Waals surface area contributed by atoms with Crippen molar-refractivity contribution in [3.63, 3.8) is 0 Å². The van der Waals surface area contributed by atoms with Crippen LogP contribution in [-0.2, 0) is 16.1 Å². The molecule has 0 radical (unpaired) electrons. The molecule has 3 rings (SSSR count). The third-order valence-electron chi connectivity index (χ3n) is 4.08. The Morgan fingerprint density at radius 3 is 2.59 bits per heavy atom. The SMILES string of the molecule is COCCn1c(-c2ccccc2)cnc1SCC(=O)Nc1ccc(C)cc1. The van der Waals surface area contributed by atoms with Gasteiger partial charge in [-0.2, -0.15) is 0 Å². The van der Waals surface area contributed by atoms with Crippen LogP contribution < -0.4 is 5.32 Å². The van der Waals surface area contributed by atoms with E-state index in [1.807, 2.05) is 55.6 Å². The monoisotopic (exact) mass is 381 g/mol. The van der Waals surface area contributed by atoms with Crippen LogP contribution in [0.25, 0.3) is 11.3 Å². The van der Waals surface area contributed by atoms with Gasteiger partial charge in [-0.3, -0.25) is 4.79 Å². The highest BCUT2D eigenvalue weighted by molar-refractivity contribution is 7.99. The lowest BCUT2D eigenvalue weighted by atomic mass is 10.2. The molecule has 3 aromatic rings. The van der Waals surface area contributed by atoms with Crippen molar-refractivity contribution >= 4 is 23.4 Å². The molecule has 0 aliphatic carbocycles. The van der Waals surface area contributed by atoms with Crippen LogP contribution in [0.4, 0.5) is 5.69 Å². The predicted octanol–water partition coefficient (Wildman–Crippen LogP) is 4.24. The van der Waals surface area contributed by atoms with Crippen LogP contribution in [0.5, 0.6) is 0 Å². The van der Waals surface area contributed by atoms with Gasteiger partial charge < -0.3 is 14.6 Å². The fourth-order valence-electron chi connectivity index (χ4n) is 2.68. The van der Waals surface area contributed by atoms with Crippen LogP contribution in [0.2, 0.25) is 0 Å². The summed E-state index contributed by atoms with van der Waals surface area (Å²) in [6.07, 6.45) is 1.85. The molecule has 0 saturated carbocycles. The molecule has 0 unspecified atom stereocenters. The normalized spacial score (nSPS) is 10.7. The maximum Gasteiger partial charge on any atom is 0.234 e. The lowest BCUT2D eigenvalue weighted by Crippen LogP contribution is -2.15. The van der Waals surface area contributed by atoms with Crippen molar-refractivity contribution in [3.8, 4) is 11.3 Å². The standard InChI is InChI=1S/C21H23N3O2S/c1-16-8-10-18(11-9-16)23-20(25)15-27-21-22-14-19(24(21)12-13-26-2)17-6-4-3-5-7-17/h3-11,14H,12-13,15H2,1-2H3,(H,23,25). The van der Waals surface area contributed by atoms with Crippen LogP contribution in [-0.4, -0.2) is 34.9 Å². The van der Waals surface area contributed by atoms with Crippen LogP contribution in [0.3, 0.4) is 0 Å². The number of amides is 1. The molecule has 140 valence electrons. The van der Waals surface area contributed by atoms with E-state index in [0.717, 1.165) is 27.7 Å². The largest absolute Gasteiger partial charge is 0.383 e. The molecule has 0 fully saturated rings. The Morgan fingerprint density at radius 2 is 1.89 bits per heavy atom. The number of nitrogens with zero attached hydrogens (tertiary/aromatic N) is 2. The number of nitrogens with one attached hydrogen (secondary N) is 1. The van der Waals surface area contributed by atoms with E-state index in [0.29, 0.717) is 18.9 Å². The van der Waals surface area contributed by atoms with E-state index >= 15 is 0 Å². The minimum Gasteiger partial charge on any atom is -0.383 e. The molecular formula is C21H23N3O2S. The van der Waals surface area contributed by atoms with Gasteiger partial charge in [0.15, 0.2) is 5.16 Å². The molecule has 5 nitrogen and oxygen atoms in total. The molecule has 0 aliphatic rings. The van der Waals surface area contributed by atoms with Gasteiger partial charge in [-0.1, -0.05) is 59.8 Å². The minimum atomic E-state index is -0.0496. The Labute approximate surface area is 163 Å². The molecular weight excluding hydrogens is 358 g/mol. The summed E-state index contributed by atoms with van der Waals surface area (Å²) >= 11 is 1.43. The number of thioether (sulfide) groups is 1. The van der Waals surface area contributed by atoms with E-state index in [9.17, 15) is 4.79 Å². The summed E-state index contributed by atoms with van der Waals surface area (Å²) in [5.41, 5.74) is 4.08. The Kier molecular flexibility index (Phi) is 6.68. The van der Waals surface area contributed by atoms with Gasteiger partial charge >= 0.3 is 0 Å². The summed E-state index contributed by atoms with van der Waals surface area (Å²) in [5.74, 6) is 0.248. The maximum atomic E-state index is 12.3. The van der Waals surface area contributed by atoms with Gasteiger partial charge in [-0.25, -0.2) is 4.98 Å². The fourth-order valence-corrected chi connectivity index (χ4v) is 3.48. The number of carbonyl (C=O) groups excluding carboxylic acids is 1. The predicted molar refractivity (Wildman–Crippen MR) is 110 cm³/mol. The Balaban J connectivity index is 1.69. The highest BCUT2D eigenvalue weighted by Crippen LogP contribution is 2.26. The van der Waals surface area contributed by atoms with Crippen molar-refractivity contribution in [3.05, 3.63) is 66.4 Å². The molecule has 1 N–H and O–H groups in total. The number of hydrogen-bond acceptors (Lipinski definition) is 4. The highest BCUT2D eigenvalue weighted by Gasteiger charge is 2.14. The van der Waals surface area contributed by atoms with Crippen molar-refractivity contribution in [1.29, 1.82) is 0 Å². The minimum absolute atomic E-state index is 0.0496. The molecule has 1 aromatic heterocycles. The van der Waals surface area contributed by atoms with E-state index in [1.54, 1.807) is 7.11 Å². The molecule has 1 amide bonds. The smallest absolute Gasteiger partial charge is 0.234 e. The lowest BCUT2D eigenvalue weighted by Gasteiger charge is -2.11. The van der Waals surface area contributed by atoms with E-state index in [2.05, 4.69) is 27.0 Å². The first-order valence-electron chi connectivity index (χ1n) is 8.76. The number of ether oxygens (including phenoxy) is 1. The molecule has 0 aliphatic heterocycles. The molecule has 6 heteroatoms. The third-order valence-corrected chi connectivity index (χ3v) is 5.07. The van der Waals surface area contributed by atoms with Gasteiger partial charge in [0.2, 0.25) is 5.91 Å². The number of benzene rings is 2. The Hall–Kier alpha value is -2.57. The second-order valence-electron chi connectivity index (χ2n) is 6.14. The zero-order valence-electron chi connectivity index (χ0n) is 15.5. The van der Waals surface area contributed by atoms with Crippen LogP contribution in [0.15, 0.2) is 66.0 Å². The van der Waals surface area contributed by atoms with Gasteiger partial charge in [0.25, 0.3) is 0 Å².